The second-order valence-corrected chi connectivity index (χ2v) is 12.6. The van der Waals surface area contributed by atoms with Crippen LogP contribution in [-0.2, 0) is 20.2 Å². The molecule has 0 fully saturated rings. The van der Waals surface area contributed by atoms with E-state index in [1.165, 1.54) is 24.3 Å². The first-order valence-electron chi connectivity index (χ1n) is 11.1. The first-order valence-corrected chi connectivity index (χ1v) is 12.7. The van der Waals surface area contributed by atoms with Crippen LogP contribution in [0.25, 0.3) is 0 Å². The van der Waals surface area contributed by atoms with Gasteiger partial charge in [-0.1, -0.05) is 101 Å². The van der Waals surface area contributed by atoms with Crippen molar-refractivity contribution in [2.24, 2.45) is 16.0 Å². The number of hydrogen-bond donors (Lipinski definition) is 0. The molecule has 0 aliphatic heterocycles. The van der Waals surface area contributed by atoms with E-state index in [9.17, 15) is 21.6 Å². The predicted octanol–water partition coefficient (Wildman–Crippen LogP) is 7.37. The van der Waals surface area contributed by atoms with Crippen LogP contribution in [0.5, 0.6) is 0 Å². The molecule has 0 radical (unpaired) electrons. The molecule has 0 spiro atoms. The van der Waals surface area contributed by atoms with Gasteiger partial charge >= 0.3 is 16.3 Å². The molecule has 4 nitrogen and oxygen atoms in total. The van der Waals surface area contributed by atoms with E-state index in [1.54, 1.807) is 19.1 Å². The van der Waals surface area contributed by atoms with Crippen molar-refractivity contribution in [1.29, 1.82) is 0 Å². The van der Waals surface area contributed by atoms with Crippen molar-refractivity contribution >= 4 is 15.8 Å². The topological polar surface area (TPSA) is 55.7 Å². The summed E-state index contributed by atoms with van der Waals surface area (Å²) in [6, 6.07) is 12.5. The maximum Gasteiger partial charge on any atom is 0.437 e. The summed E-state index contributed by atoms with van der Waals surface area (Å²) in [4.78, 5) is 0. The molecule has 0 aliphatic rings. The number of aryl methyl sites for hydroxylation is 1. The van der Waals surface area contributed by atoms with Gasteiger partial charge in [-0.3, -0.25) is 4.28 Å². The van der Waals surface area contributed by atoms with Gasteiger partial charge in [0.2, 0.25) is 0 Å². The zero-order valence-corrected chi connectivity index (χ0v) is 21.6. The van der Waals surface area contributed by atoms with Gasteiger partial charge < -0.3 is 0 Å². The summed E-state index contributed by atoms with van der Waals surface area (Å²) in [5.74, 6) is -0.335. The van der Waals surface area contributed by atoms with Crippen LogP contribution in [0.3, 0.4) is 0 Å². The number of halogens is 3. The molecule has 34 heavy (non-hydrogen) atoms. The highest BCUT2D eigenvalue weighted by Crippen LogP contribution is 2.43. The minimum atomic E-state index is -4.87. The lowest BCUT2D eigenvalue weighted by Gasteiger charge is -2.36. The van der Waals surface area contributed by atoms with Gasteiger partial charge in [-0.25, -0.2) is 0 Å². The maximum absolute atomic E-state index is 13.4. The molecule has 0 aliphatic carbocycles. The molecule has 8 heteroatoms. The Balaban J connectivity index is 2.23. The van der Waals surface area contributed by atoms with Gasteiger partial charge in [0, 0.05) is 5.56 Å². The van der Waals surface area contributed by atoms with Crippen LogP contribution in [0.2, 0.25) is 0 Å². The Kier molecular flexibility index (Phi) is 8.29. The van der Waals surface area contributed by atoms with Gasteiger partial charge in [0.05, 0.1) is 0 Å². The van der Waals surface area contributed by atoms with Gasteiger partial charge in [-0.15, -0.1) is 0 Å². The van der Waals surface area contributed by atoms with E-state index in [0.29, 0.717) is 5.56 Å². The molecule has 0 bridgehead atoms. The molecular formula is C26H34F3NO3S. The van der Waals surface area contributed by atoms with Gasteiger partial charge in [0.1, 0.15) is 5.75 Å². The fourth-order valence-corrected chi connectivity index (χ4v) is 4.53. The molecule has 2 rings (SSSR count). The number of alkyl halides is 3. The van der Waals surface area contributed by atoms with E-state index >= 15 is 0 Å². The number of rotatable bonds is 7. The lowest BCUT2D eigenvalue weighted by atomic mass is 9.69. The van der Waals surface area contributed by atoms with Crippen molar-refractivity contribution in [2.45, 2.75) is 72.7 Å². The lowest BCUT2D eigenvalue weighted by Crippen LogP contribution is -2.25. The highest BCUT2D eigenvalue weighted by Gasteiger charge is 2.38. The van der Waals surface area contributed by atoms with E-state index in [4.69, 9.17) is 0 Å². The van der Waals surface area contributed by atoms with E-state index in [0.717, 1.165) is 17.5 Å². The Morgan fingerprint density at radius 3 is 1.88 bits per heavy atom. The Morgan fingerprint density at radius 1 is 0.912 bits per heavy atom. The van der Waals surface area contributed by atoms with Crippen LogP contribution in [0.15, 0.2) is 53.7 Å². The van der Waals surface area contributed by atoms with Crippen molar-refractivity contribution < 1.29 is 25.9 Å². The SMILES string of the molecule is Cc1ccc(C(=NOS(=O)(=O)Cc2ccc(C(CC(C)(C)C)C(C)(C)C)cc2)C(F)(F)F)cc1. The molecule has 1 atom stereocenters. The molecule has 2 aromatic carbocycles. The summed E-state index contributed by atoms with van der Waals surface area (Å²) < 4.78 is 69.5. The third-order valence-corrected chi connectivity index (χ3v) is 6.41. The van der Waals surface area contributed by atoms with E-state index in [2.05, 4.69) is 51.0 Å². The third-order valence-electron chi connectivity index (χ3n) is 5.42. The average Bonchev–Trinajstić information content (AvgIpc) is 2.65. The largest absolute Gasteiger partial charge is 0.437 e. The van der Waals surface area contributed by atoms with Crippen LogP contribution in [0.4, 0.5) is 13.2 Å². The number of oxime groups is 1. The molecule has 188 valence electrons. The van der Waals surface area contributed by atoms with Gasteiger partial charge in [0.25, 0.3) is 0 Å². The molecular weight excluding hydrogens is 463 g/mol. The summed E-state index contributed by atoms with van der Waals surface area (Å²) in [7, 11) is -4.38. The van der Waals surface area contributed by atoms with Gasteiger partial charge in [-0.2, -0.15) is 21.6 Å². The minimum Gasteiger partial charge on any atom is -0.268 e. The minimum absolute atomic E-state index is 0.00265. The molecule has 0 saturated carbocycles. The van der Waals surface area contributed by atoms with Crippen LogP contribution in [0, 0.1) is 17.8 Å². The van der Waals surface area contributed by atoms with Crippen molar-refractivity contribution in [3.05, 3.63) is 70.8 Å². The van der Waals surface area contributed by atoms with E-state index in [1.807, 2.05) is 12.1 Å². The highest BCUT2D eigenvalue weighted by molar-refractivity contribution is 7.85. The van der Waals surface area contributed by atoms with E-state index in [-0.39, 0.29) is 22.3 Å². The first kappa shape index (κ1) is 27.9. The quantitative estimate of drug-likeness (QED) is 0.296. The van der Waals surface area contributed by atoms with Gasteiger partial charge in [-0.05, 0) is 41.2 Å². The Labute approximate surface area is 201 Å². The second-order valence-electron chi connectivity index (χ2n) is 11.0. The summed E-state index contributed by atoms with van der Waals surface area (Å²) in [5.41, 5.74) is 0.694. The predicted molar refractivity (Wildman–Crippen MR) is 130 cm³/mol. The highest BCUT2D eigenvalue weighted by atomic mass is 32.2. The third kappa shape index (κ3) is 8.46. The number of benzene rings is 2. The summed E-state index contributed by atoms with van der Waals surface area (Å²) in [6.45, 7) is 14.8. The number of hydrogen-bond acceptors (Lipinski definition) is 4. The maximum atomic E-state index is 13.4. The fourth-order valence-electron chi connectivity index (χ4n) is 3.69. The Morgan fingerprint density at radius 2 is 1.44 bits per heavy atom. The first-order chi connectivity index (χ1) is 15.4. The smallest absolute Gasteiger partial charge is 0.268 e. The summed E-state index contributed by atoms with van der Waals surface area (Å²) >= 11 is 0. The Hall–Kier alpha value is -2.35. The van der Waals surface area contributed by atoms with Crippen LogP contribution >= 0.6 is 0 Å². The van der Waals surface area contributed by atoms with Gasteiger partial charge in [0.15, 0.2) is 5.71 Å². The lowest BCUT2D eigenvalue weighted by molar-refractivity contribution is -0.0597. The van der Waals surface area contributed by atoms with Crippen LogP contribution in [-0.4, -0.2) is 20.3 Å². The van der Waals surface area contributed by atoms with Crippen molar-refractivity contribution in [3.63, 3.8) is 0 Å². The van der Waals surface area contributed by atoms with Crippen LogP contribution < -0.4 is 0 Å². The monoisotopic (exact) mass is 497 g/mol. The molecule has 0 N–H and O–H groups in total. The summed E-state index contributed by atoms with van der Waals surface area (Å²) in [6.07, 6.45) is -3.92. The fraction of sp³-hybridized carbons (Fsp3) is 0.500. The molecule has 1 unspecified atom stereocenters. The second kappa shape index (κ2) is 10.1. The standard InChI is InChI=1S/C26H34F3NO3S/c1-18-8-12-21(13-9-18)23(26(27,28)29)30-33-34(31,32)17-19-10-14-20(15-11-19)22(25(5,6)7)16-24(2,3)4/h8-15,22H,16-17H2,1-7H3. The molecule has 0 amide bonds. The van der Waals surface area contributed by atoms with Crippen molar-refractivity contribution in [3.8, 4) is 0 Å². The zero-order chi connectivity index (χ0) is 25.9. The zero-order valence-electron chi connectivity index (χ0n) is 20.8. The van der Waals surface area contributed by atoms with Crippen LogP contribution in [0.1, 0.15) is 76.1 Å². The average molecular weight is 498 g/mol. The molecule has 2 aromatic rings. The van der Waals surface area contributed by atoms with E-state index < -0.39 is 27.8 Å². The normalized spacial score (nSPS) is 14.7. The molecule has 0 heterocycles. The molecule has 0 aromatic heterocycles. The molecule has 0 saturated heterocycles. The summed E-state index contributed by atoms with van der Waals surface area (Å²) in [5, 5.41) is 2.98. The van der Waals surface area contributed by atoms with Crippen molar-refractivity contribution in [1.82, 2.24) is 0 Å². The Bertz CT molecular complexity index is 1090. The van der Waals surface area contributed by atoms with Crippen molar-refractivity contribution in [2.75, 3.05) is 0 Å². The number of nitrogens with zero attached hydrogens (tertiary/aromatic N) is 1.